The van der Waals surface area contributed by atoms with Gasteiger partial charge in [0.25, 0.3) is 0 Å². The normalized spacial score (nSPS) is 15.7. The summed E-state index contributed by atoms with van der Waals surface area (Å²) >= 11 is 0. The largest absolute Gasteiger partial charge is 0.468 e. The van der Waals surface area contributed by atoms with Crippen molar-refractivity contribution in [1.29, 1.82) is 0 Å². The molecule has 2 unspecified atom stereocenters. The number of nitrogens with one attached hydrogen (secondary N) is 1. The number of nitrogens with zero attached hydrogens (tertiary/aromatic N) is 2. The molecule has 0 bridgehead atoms. The first-order valence-electron chi connectivity index (χ1n) is 7.20. The third kappa shape index (κ3) is 3.82. The Bertz CT molecular complexity index is 456. The summed E-state index contributed by atoms with van der Waals surface area (Å²) in [5.41, 5.74) is 1.42. The van der Waals surface area contributed by atoms with Crippen molar-refractivity contribution in [3.63, 3.8) is 0 Å². The van der Waals surface area contributed by atoms with Crippen molar-refractivity contribution in [2.24, 2.45) is 0 Å². The van der Waals surface area contributed by atoms with Crippen molar-refractivity contribution < 1.29 is 9.53 Å². The van der Waals surface area contributed by atoms with E-state index in [2.05, 4.69) is 24.3 Å². The molecule has 2 atom stereocenters. The molecule has 0 saturated carbocycles. The lowest BCUT2D eigenvalue weighted by Gasteiger charge is -2.31. The van der Waals surface area contributed by atoms with Gasteiger partial charge in [0.05, 0.1) is 18.8 Å². The number of aromatic nitrogens is 2. The standard InChI is InChI=1S/C15H27N3O2/c1-7-8-16-15(5,14(19)20-6)10-13(4)18-12(3)9-11(2)17-18/h9,13,16H,7-8,10H2,1-6H3. The van der Waals surface area contributed by atoms with Crippen molar-refractivity contribution >= 4 is 5.97 Å². The quantitative estimate of drug-likeness (QED) is 0.780. The molecule has 0 aliphatic heterocycles. The van der Waals surface area contributed by atoms with Gasteiger partial charge in [0.1, 0.15) is 5.54 Å². The van der Waals surface area contributed by atoms with E-state index in [4.69, 9.17) is 4.74 Å². The number of methoxy groups -OCH3 is 1. The molecule has 1 rings (SSSR count). The molecular weight excluding hydrogens is 254 g/mol. The molecule has 0 aromatic carbocycles. The van der Waals surface area contributed by atoms with Gasteiger partial charge in [-0.3, -0.25) is 9.48 Å². The predicted octanol–water partition coefficient (Wildman–Crippen LogP) is 2.38. The maximum Gasteiger partial charge on any atom is 0.325 e. The molecule has 0 radical (unpaired) electrons. The average molecular weight is 281 g/mol. The molecule has 0 saturated heterocycles. The second kappa shape index (κ2) is 6.88. The van der Waals surface area contributed by atoms with Crippen LogP contribution < -0.4 is 5.32 Å². The highest BCUT2D eigenvalue weighted by atomic mass is 16.5. The Labute approximate surface area is 121 Å². The van der Waals surface area contributed by atoms with Gasteiger partial charge < -0.3 is 10.1 Å². The highest BCUT2D eigenvalue weighted by molar-refractivity contribution is 5.80. The van der Waals surface area contributed by atoms with Gasteiger partial charge in [0.15, 0.2) is 0 Å². The van der Waals surface area contributed by atoms with Crippen LogP contribution in [0.4, 0.5) is 0 Å². The molecular formula is C15H27N3O2. The molecule has 0 spiro atoms. The van der Waals surface area contributed by atoms with Crippen LogP contribution >= 0.6 is 0 Å². The van der Waals surface area contributed by atoms with E-state index in [9.17, 15) is 4.79 Å². The Morgan fingerprint density at radius 1 is 1.55 bits per heavy atom. The number of carbonyl (C=O) groups excluding carboxylic acids is 1. The Morgan fingerprint density at radius 2 is 2.20 bits per heavy atom. The van der Waals surface area contributed by atoms with Crippen LogP contribution in [0.3, 0.4) is 0 Å². The van der Waals surface area contributed by atoms with Gasteiger partial charge in [-0.2, -0.15) is 5.10 Å². The molecule has 0 aliphatic rings. The van der Waals surface area contributed by atoms with E-state index in [1.165, 1.54) is 7.11 Å². The van der Waals surface area contributed by atoms with E-state index >= 15 is 0 Å². The summed E-state index contributed by atoms with van der Waals surface area (Å²) in [5.74, 6) is -0.223. The summed E-state index contributed by atoms with van der Waals surface area (Å²) in [5, 5.41) is 7.80. The summed E-state index contributed by atoms with van der Waals surface area (Å²) in [7, 11) is 1.43. The van der Waals surface area contributed by atoms with Crippen LogP contribution in [-0.2, 0) is 9.53 Å². The highest BCUT2D eigenvalue weighted by Crippen LogP contribution is 2.23. The van der Waals surface area contributed by atoms with Crippen LogP contribution in [0.15, 0.2) is 6.07 Å². The molecule has 5 heteroatoms. The van der Waals surface area contributed by atoms with Crippen LogP contribution in [-0.4, -0.2) is 34.9 Å². The summed E-state index contributed by atoms with van der Waals surface area (Å²) in [6.07, 6.45) is 1.61. The summed E-state index contributed by atoms with van der Waals surface area (Å²) in [6, 6.07) is 2.17. The lowest BCUT2D eigenvalue weighted by atomic mass is 9.93. The minimum atomic E-state index is -0.684. The smallest absolute Gasteiger partial charge is 0.325 e. The lowest BCUT2D eigenvalue weighted by Crippen LogP contribution is -2.51. The van der Waals surface area contributed by atoms with Gasteiger partial charge in [0.2, 0.25) is 0 Å². The fourth-order valence-electron chi connectivity index (χ4n) is 2.62. The van der Waals surface area contributed by atoms with Gasteiger partial charge >= 0.3 is 5.97 Å². The number of aryl methyl sites for hydroxylation is 2. The fraction of sp³-hybridized carbons (Fsp3) is 0.733. The number of hydrogen-bond acceptors (Lipinski definition) is 4. The molecule has 1 aromatic heterocycles. The van der Waals surface area contributed by atoms with E-state index in [1.807, 2.05) is 31.5 Å². The van der Waals surface area contributed by atoms with E-state index in [-0.39, 0.29) is 12.0 Å². The Kier molecular flexibility index (Phi) is 5.74. The molecule has 0 amide bonds. The SMILES string of the molecule is CCCNC(C)(CC(C)n1nc(C)cc1C)C(=O)OC. The minimum absolute atomic E-state index is 0.122. The van der Waals surface area contributed by atoms with Crippen molar-refractivity contribution in [3.05, 3.63) is 17.5 Å². The third-order valence-corrected chi connectivity index (χ3v) is 3.57. The topological polar surface area (TPSA) is 56.2 Å². The Hall–Kier alpha value is -1.36. The van der Waals surface area contributed by atoms with Crippen molar-refractivity contribution in [2.75, 3.05) is 13.7 Å². The van der Waals surface area contributed by atoms with Gasteiger partial charge in [0, 0.05) is 5.69 Å². The number of esters is 1. The maximum absolute atomic E-state index is 12.1. The van der Waals surface area contributed by atoms with Crippen LogP contribution in [0.25, 0.3) is 0 Å². The number of hydrogen-bond donors (Lipinski definition) is 1. The Balaban J connectivity index is 2.89. The first kappa shape index (κ1) is 16.7. The zero-order valence-corrected chi connectivity index (χ0v) is 13.5. The van der Waals surface area contributed by atoms with Crippen LogP contribution in [0.5, 0.6) is 0 Å². The molecule has 0 aliphatic carbocycles. The van der Waals surface area contributed by atoms with E-state index in [0.717, 1.165) is 24.4 Å². The summed E-state index contributed by atoms with van der Waals surface area (Å²) in [4.78, 5) is 12.1. The van der Waals surface area contributed by atoms with Gasteiger partial charge in [-0.25, -0.2) is 0 Å². The summed E-state index contributed by atoms with van der Waals surface area (Å²) < 4.78 is 6.93. The first-order chi connectivity index (χ1) is 9.34. The minimum Gasteiger partial charge on any atom is -0.468 e. The second-order valence-corrected chi connectivity index (χ2v) is 5.68. The zero-order valence-electron chi connectivity index (χ0n) is 13.5. The number of rotatable bonds is 7. The molecule has 0 fully saturated rings. The van der Waals surface area contributed by atoms with E-state index in [1.54, 1.807) is 0 Å². The average Bonchev–Trinajstić information content (AvgIpc) is 2.74. The van der Waals surface area contributed by atoms with Gasteiger partial charge in [-0.05, 0) is 53.1 Å². The van der Waals surface area contributed by atoms with Crippen LogP contribution in [0.1, 0.15) is 51.0 Å². The molecule has 1 aromatic rings. The van der Waals surface area contributed by atoms with E-state index in [0.29, 0.717) is 6.42 Å². The molecule has 1 N–H and O–H groups in total. The lowest BCUT2D eigenvalue weighted by molar-refractivity contribution is -0.148. The van der Waals surface area contributed by atoms with Crippen molar-refractivity contribution in [3.8, 4) is 0 Å². The number of carbonyl (C=O) groups is 1. The fourth-order valence-corrected chi connectivity index (χ4v) is 2.62. The Morgan fingerprint density at radius 3 is 2.65 bits per heavy atom. The molecule has 20 heavy (non-hydrogen) atoms. The molecule has 1 heterocycles. The summed E-state index contributed by atoms with van der Waals surface area (Å²) in [6.45, 7) is 10.9. The molecule has 5 nitrogen and oxygen atoms in total. The van der Waals surface area contributed by atoms with Crippen molar-refractivity contribution in [1.82, 2.24) is 15.1 Å². The van der Waals surface area contributed by atoms with Gasteiger partial charge in [-0.15, -0.1) is 0 Å². The van der Waals surface area contributed by atoms with Gasteiger partial charge in [-0.1, -0.05) is 6.92 Å². The van der Waals surface area contributed by atoms with Crippen LogP contribution in [0, 0.1) is 13.8 Å². The predicted molar refractivity (Wildman–Crippen MR) is 79.7 cm³/mol. The zero-order chi connectivity index (χ0) is 15.3. The van der Waals surface area contributed by atoms with E-state index < -0.39 is 5.54 Å². The number of ether oxygens (including phenoxy) is 1. The third-order valence-electron chi connectivity index (χ3n) is 3.57. The second-order valence-electron chi connectivity index (χ2n) is 5.68. The van der Waals surface area contributed by atoms with Crippen LogP contribution in [0.2, 0.25) is 0 Å². The molecule has 114 valence electrons. The highest BCUT2D eigenvalue weighted by Gasteiger charge is 2.36. The first-order valence-corrected chi connectivity index (χ1v) is 7.20. The van der Waals surface area contributed by atoms with Crippen molar-refractivity contribution in [2.45, 2.75) is 59.0 Å². The monoisotopic (exact) mass is 281 g/mol. The maximum atomic E-state index is 12.1.